The van der Waals surface area contributed by atoms with Crippen molar-refractivity contribution < 1.29 is 18.7 Å². The van der Waals surface area contributed by atoms with E-state index in [-0.39, 0.29) is 46.2 Å². The topological polar surface area (TPSA) is 95.0 Å². The molecule has 0 fully saturated rings. The maximum Gasteiger partial charge on any atom is 0.341 e. The molecule has 0 saturated carbocycles. The van der Waals surface area contributed by atoms with Crippen LogP contribution in [0.4, 0.5) is 4.39 Å². The SMILES string of the molecule is CCOC(=O)c1cc2c(=O)n3ccccc3nc2n(CC(C)C)c1=NC(=O)c1c(F)cccc1Cl. The number of rotatable bonds is 5. The molecular weight excluding hydrogens is 475 g/mol. The summed E-state index contributed by atoms with van der Waals surface area (Å²) in [6.45, 7) is 5.79. The lowest BCUT2D eigenvalue weighted by Gasteiger charge is -2.16. The second kappa shape index (κ2) is 9.79. The lowest BCUT2D eigenvalue weighted by Crippen LogP contribution is -2.34. The molecule has 0 aliphatic carbocycles. The van der Waals surface area contributed by atoms with Gasteiger partial charge in [-0.25, -0.2) is 14.2 Å². The van der Waals surface area contributed by atoms with Crippen LogP contribution in [-0.4, -0.2) is 32.4 Å². The Morgan fingerprint density at radius 2 is 1.97 bits per heavy atom. The molecule has 0 radical (unpaired) electrons. The van der Waals surface area contributed by atoms with E-state index in [4.69, 9.17) is 16.3 Å². The fraction of sp³-hybridized carbons (Fsp3) is 0.240. The Morgan fingerprint density at radius 3 is 2.66 bits per heavy atom. The first-order valence-corrected chi connectivity index (χ1v) is 11.4. The zero-order valence-corrected chi connectivity index (χ0v) is 20.0. The second-order valence-corrected chi connectivity index (χ2v) is 8.61. The molecule has 1 aromatic carbocycles. The highest BCUT2D eigenvalue weighted by atomic mass is 35.5. The lowest BCUT2D eigenvalue weighted by atomic mass is 10.1. The predicted octanol–water partition coefficient (Wildman–Crippen LogP) is 4.02. The summed E-state index contributed by atoms with van der Waals surface area (Å²) < 4.78 is 22.5. The fourth-order valence-corrected chi connectivity index (χ4v) is 3.99. The van der Waals surface area contributed by atoms with E-state index in [1.54, 1.807) is 31.3 Å². The van der Waals surface area contributed by atoms with Crippen molar-refractivity contribution in [3.8, 4) is 0 Å². The van der Waals surface area contributed by atoms with Gasteiger partial charge in [-0.1, -0.05) is 37.6 Å². The monoisotopic (exact) mass is 496 g/mol. The molecule has 0 atom stereocenters. The number of aromatic nitrogens is 3. The number of esters is 1. The summed E-state index contributed by atoms with van der Waals surface area (Å²) in [6.07, 6.45) is 1.57. The highest BCUT2D eigenvalue weighted by molar-refractivity contribution is 6.33. The van der Waals surface area contributed by atoms with Crippen molar-refractivity contribution in [2.45, 2.75) is 27.3 Å². The summed E-state index contributed by atoms with van der Waals surface area (Å²) in [5.41, 5.74) is -0.429. The number of benzene rings is 1. The van der Waals surface area contributed by atoms with Gasteiger partial charge in [-0.05, 0) is 43.2 Å². The maximum atomic E-state index is 14.5. The van der Waals surface area contributed by atoms with Gasteiger partial charge in [-0.3, -0.25) is 14.0 Å². The normalized spacial score (nSPS) is 12.0. The third-order valence-electron chi connectivity index (χ3n) is 5.22. The number of fused-ring (bicyclic) bond motifs is 2. The van der Waals surface area contributed by atoms with Gasteiger partial charge in [0.2, 0.25) is 0 Å². The van der Waals surface area contributed by atoms with E-state index in [1.165, 1.54) is 27.2 Å². The Bertz CT molecular complexity index is 1590. The van der Waals surface area contributed by atoms with Gasteiger partial charge in [-0.15, -0.1) is 0 Å². The van der Waals surface area contributed by atoms with Crippen molar-refractivity contribution in [3.05, 3.63) is 86.5 Å². The van der Waals surface area contributed by atoms with E-state index in [0.717, 1.165) is 6.07 Å². The Labute approximate surface area is 204 Å². The van der Waals surface area contributed by atoms with E-state index in [9.17, 15) is 18.8 Å². The maximum absolute atomic E-state index is 14.5. The van der Waals surface area contributed by atoms with E-state index in [0.29, 0.717) is 5.65 Å². The minimum absolute atomic E-state index is 0.0118. The first-order valence-electron chi connectivity index (χ1n) is 11.0. The van der Waals surface area contributed by atoms with Crippen LogP contribution in [0.1, 0.15) is 41.5 Å². The van der Waals surface area contributed by atoms with Crippen molar-refractivity contribution in [1.82, 2.24) is 14.0 Å². The molecule has 35 heavy (non-hydrogen) atoms. The molecule has 3 heterocycles. The van der Waals surface area contributed by atoms with E-state index in [1.807, 2.05) is 13.8 Å². The first kappa shape index (κ1) is 24.3. The molecule has 4 aromatic rings. The molecule has 0 aliphatic heterocycles. The van der Waals surface area contributed by atoms with Crippen LogP contribution in [0.3, 0.4) is 0 Å². The zero-order valence-electron chi connectivity index (χ0n) is 19.3. The van der Waals surface area contributed by atoms with E-state index < -0.39 is 28.8 Å². The Morgan fingerprint density at radius 1 is 1.20 bits per heavy atom. The van der Waals surface area contributed by atoms with Crippen molar-refractivity contribution in [1.29, 1.82) is 0 Å². The van der Waals surface area contributed by atoms with Crippen molar-refractivity contribution in [3.63, 3.8) is 0 Å². The van der Waals surface area contributed by atoms with Crippen LogP contribution in [0.15, 0.2) is 58.4 Å². The number of carbonyl (C=O) groups is 2. The summed E-state index contributed by atoms with van der Waals surface area (Å²) in [5, 5.41) is 0.0303. The quantitative estimate of drug-likeness (QED) is 0.307. The largest absolute Gasteiger partial charge is 0.462 e. The van der Waals surface area contributed by atoms with Gasteiger partial charge in [0.1, 0.15) is 22.7 Å². The number of halogens is 2. The summed E-state index contributed by atoms with van der Waals surface area (Å²) in [4.78, 5) is 48.1. The third kappa shape index (κ3) is 4.59. The molecule has 3 aromatic heterocycles. The smallest absolute Gasteiger partial charge is 0.341 e. The molecule has 0 saturated heterocycles. The van der Waals surface area contributed by atoms with Crippen molar-refractivity contribution in [2.75, 3.05) is 6.61 Å². The van der Waals surface area contributed by atoms with Gasteiger partial charge < -0.3 is 9.30 Å². The number of pyridine rings is 2. The molecule has 0 spiro atoms. The van der Waals surface area contributed by atoms with Crippen molar-refractivity contribution >= 4 is 40.2 Å². The molecule has 0 bridgehead atoms. The van der Waals surface area contributed by atoms with Crippen LogP contribution < -0.4 is 11.0 Å². The second-order valence-electron chi connectivity index (χ2n) is 8.20. The number of ether oxygens (including phenoxy) is 1. The van der Waals surface area contributed by atoms with Gasteiger partial charge in [0, 0.05) is 12.7 Å². The van der Waals surface area contributed by atoms with Crippen LogP contribution in [0.2, 0.25) is 5.02 Å². The Kier molecular flexibility index (Phi) is 6.79. The summed E-state index contributed by atoms with van der Waals surface area (Å²) >= 11 is 6.07. The molecule has 4 rings (SSSR count). The van der Waals surface area contributed by atoms with Crippen LogP contribution >= 0.6 is 11.6 Å². The first-order chi connectivity index (χ1) is 16.7. The summed E-state index contributed by atoms with van der Waals surface area (Å²) in [7, 11) is 0. The average molecular weight is 497 g/mol. The highest BCUT2D eigenvalue weighted by Crippen LogP contribution is 2.20. The standard InChI is InChI=1S/C25H22ClFN4O4/c1-4-35-25(34)16-12-15-21(28-19-10-5-6-11-30(19)24(15)33)31(13-14(2)3)22(16)29-23(32)20-17(26)8-7-9-18(20)27/h5-12,14H,4,13H2,1-3H3. The molecule has 1 amide bonds. The number of nitrogens with zero attached hydrogens (tertiary/aromatic N) is 4. The average Bonchev–Trinajstić information content (AvgIpc) is 2.80. The predicted molar refractivity (Wildman–Crippen MR) is 129 cm³/mol. The molecular formula is C25H22ClFN4O4. The number of carbonyl (C=O) groups excluding carboxylic acids is 2. The van der Waals surface area contributed by atoms with Crippen LogP contribution in [0.5, 0.6) is 0 Å². The van der Waals surface area contributed by atoms with Crippen molar-refractivity contribution in [2.24, 2.45) is 10.9 Å². The van der Waals surface area contributed by atoms with Gasteiger partial charge >= 0.3 is 5.97 Å². The summed E-state index contributed by atoms with van der Waals surface area (Å²) in [5.74, 6) is -2.59. The number of hydrogen-bond donors (Lipinski definition) is 0. The summed E-state index contributed by atoms with van der Waals surface area (Å²) in [6, 6.07) is 10.2. The molecule has 0 aliphatic rings. The van der Waals surface area contributed by atoms with Gasteiger partial charge in [0.15, 0.2) is 5.49 Å². The zero-order chi connectivity index (χ0) is 25.3. The number of amides is 1. The number of hydrogen-bond acceptors (Lipinski definition) is 5. The van der Waals surface area contributed by atoms with Gasteiger partial charge in [0.05, 0.1) is 22.6 Å². The molecule has 0 N–H and O–H groups in total. The lowest BCUT2D eigenvalue weighted by molar-refractivity contribution is 0.0523. The molecule has 180 valence electrons. The van der Waals surface area contributed by atoms with E-state index in [2.05, 4.69) is 9.98 Å². The van der Waals surface area contributed by atoms with Crippen LogP contribution in [0.25, 0.3) is 16.7 Å². The highest BCUT2D eigenvalue weighted by Gasteiger charge is 2.22. The minimum atomic E-state index is -0.979. The van der Waals surface area contributed by atoms with Crippen LogP contribution in [0, 0.1) is 11.7 Å². The molecule has 8 nitrogen and oxygen atoms in total. The third-order valence-corrected chi connectivity index (χ3v) is 5.53. The van der Waals surface area contributed by atoms with Gasteiger partial charge in [-0.2, -0.15) is 4.99 Å². The Hall–Kier alpha value is -3.85. The molecule has 0 unspecified atom stereocenters. The van der Waals surface area contributed by atoms with E-state index >= 15 is 0 Å². The minimum Gasteiger partial charge on any atom is -0.462 e. The molecule has 10 heteroatoms. The van der Waals surface area contributed by atoms with Gasteiger partial charge in [0.25, 0.3) is 11.5 Å². The Balaban J connectivity index is 2.16. The fourth-order valence-electron chi connectivity index (χ4n) is 3.75. The van der Waals surface area contributed by atoms with Crippen LogP contribution in [-0.2, 0) is 11.3 Å².